The van der Waals surface area contributed by atoms with Crippen LogP contribution in [0.5, 0.6) is 0 Å². The van der Waals surface area contributed by atoms with Gasteiger partial charge in [0.05, 0.1) is 22.2 Å². The normalized spacial score (nSPS) is 17.4. The number of hydrogen-bond acceptors (Lipinski definition) is 4. The number of carbonyl (C=O) groups excluding carboxylic acids is 1. The first kappa shape index (κ1) is 14.8. The van der Waals surface area contributed by atoms with Gasteiger partial charge in [0.2, 0.25) is 0 Å². The summed E-state index contributed by atoms with van der Waals surface area (Å²) in [5.74, 6) is -0.834. The van der Waals surface area contributed by atoms with Crippen molar-refractivity contribution in [1.82, 2.24) is 15.6 Å². The van der Waals surface area contributed by atoms with E-state index >= 15 is 0 Å². The van der Waals surface area contributed by atoms with Gasteiger partial charge in [0.1, 0.15) is 0 Å². The van der Waals surface area contributed by atoms with Crippen LogP contribution in [0.2, 0.25) is 0 Å². The highest BCUT2D eigenvalue weighted by atomic mass is 32.1. The molecule has 1 unspecified atom stereocenters. The van der Waals surface area contributed by atoms with Crippen molar-refractivity contribution in [2.24, 2.45) is 5.41 Å². The summed E-state index contributed by atoms with van der Waals surface area (Å²) in [5, 5.41) is 15.5. The van der Waals surface area contributed by atoms with Gasteiger partial charge in [0.15, 0.2) is 0 Å². The Kier molecular flexibility index (Phi) is 3.99. The number of aryl methyl sites for hydroxylation is 2. The molecule has 1 saturated carbocycles. The third-order valence-electron chi connectivity index (χ3n) is 3.57. The minimum Gasteiger partial charge on any atom is -0.481 e. The SMILES string of the molecule is Cc1nc(C)c(C(C)NC(=O)NCC2(C(=O)O)CC2)s1. The highest BCUT2D eigenvalue weighted by molar-refractivity contribution is 7.11. The smallest absolute Gasteiger partial charge is 0.315 e. The van der Waals surface area contributed by atoms with E-state index < -0.39 is 11.4 Å². The summed E-state index contributed by atoms with van der Waals surface area (Å²) in [6.45, 7) is 5.92. The molecule has 0 saturated heterocycles. The van der Waals surface area contributed by atoms with Crippen LogP contribution in [0.4, 0.5) is 4.79 Å². The second kappa shape index (κ2) is 5.40. The third-order valence-corrected chi connectivity index (χ3v) is 4.83. The number of aromatic nitrogens is 1. The zero-order valence-electron chi connectivity index (χ0n) is 11.8. The largest absolute Gasteiger partial charge is 0.481 e. The van der Waals surface area contributed by atoms with E-state index in [1.165, 1.54) is 0 Å². The average Bonchev–Trinajstić information content (AvgIpc) is 3.07. The number of amides is 2. The first-order valence-corrected chi connectivity index (χ1v) is 7.37. The molecule has 1 atom stereocenters. The quantitative estimate of drug-likeness (QED) is 0.775. The molecule has 20 heavy (non-hydrogen) atoms. The number of hydrogen-bond donors (Lipinski definition) is 3. The first-order chi connectivity index (χ1) is 9.34. The van der Waals surface area contributed by atoms with Gasteiger partial charge >= 0.3 is 12.0 Å². The van der Waals surface area contributed by atoms with Gasteiger partial charge in [-0.15, -0.1) is 11.3 Å². The number of nitrogens with zero attached hydrogens (tertiary/aromatic N) is 1. The van der Waals surface area contributed by atoms with E-state index in [1.807, 2.05) is 20.8 Å². The molecule has 1 aromatic heterocycles. The molecule has 110 valence electrons. The van der Waals surface area contributed by atoms with Crippen LogP contribution in [0.15, 0.2) is 0 Å². The Morgan fingerprint density at radius 1 is 1.45 bits per heavy atom. The summed E-state index contributed by atoms with van der Waals surface area (Å²) in [6.07, 6.45) is 1.26. The lowest BCUT2D eigenvalue weighted by Gasteiger charge is -2.16. The van der Waals surface area contributed by atoms with E-state index in [0.717, 1.165) is 15.6 Å². The van der Waals surface area contributed by atoms with Crippen LogP contribution in [-0.2, 0) is 4.79 Å². The number of aliphatic carboxylic acids is 1. The number of carboxylic acid groups (broad SMARTS) is 1. The van der Waals surface area contributed by atoms with Gasteiger partial charge in [-0.05, 0) is 33.6 Å². The summed E-state index contributed by atoms with van der Waals surface area (Å²) in [7, 11) is 0. The van der Waals surface area contributed by atoms with Crippen LogP contribution < -0.4 is 10.6 Å². The highest BCUT2D eigenvalue weighted by Gasteiger charge is 2.50. The highest BCUT2D eigenvalue weighted by Crippen LogP contribution is 2.45. The Morgan fingerprint density at radius 2 is 2.10 bits per heavy atom. The zero-order chi connectivity index (χ0) is 14.9. The molecular weight excluding hydrogens is 278 g/mol. The number of rotatable bonds is 5. The van der Waals surface area contributed by atoms with Crippen molar-refractivity contribution in [3.63, 3.8) is 0 Å². The average molecular weight is 297 g/mol. The van der Waals surface area contributed by atoms with Gasteiger partial charge in [-0.1, -0.05) is 0 Å². The van der Waals surface area contributed by atoms with Gasteiger partial charge in [0.25, 0.3) is 0 Å². The van der Waals surface area contributed by atoms with Crippen LogP contribution in [0, 0.1) is 19.3 Å². The molecule has 3 N–H and O–H groups in total. The van der Waals surface area contributed by atoms with E-state index in [-0.39, 0.29) is 18.6 Å². The topological polar surface area (TPSA) is 91.3 Å². The molecule has 2 amide bonds. The second-order valence-corrected chi connectivity index (χ2v) is 6.55. The van der Waals surface area contributed by atoms with Gasteiger partial charge in [-0.2, -0.15) is 0 Å². The summed E-state index contributed by atoms with van der Waals surface area (Å²) in [5.41, 5.74) is 0.182. The van der Waals surface area contributed by atoms with Gasteiger partial charge in [-0.3, -0.25) is 4.79 Å². The molecule has 0 radical (unpaired) electrons. The second-order valence-electron chi connectivity index (χ2n) is 5.32. The summed E-state index contributed by atoms with van der Waals surface area (Å²) >= 11 is 1.56. The molecule has 1 aromatic rings. The number of nitrogens with one attached hydrogen (secondary N) is 2. The molecule has 1 heterocycles. The Bertz CT molecular complexity index is 537. The number of carbonyl (C=O) groups is 2. The molecule has 7 heteroatoms. The Morgan fingerprint density at radius 3 is 2.55 bits per heavy atom. The Hall–Kier alpha value is -1.63. The molecule has 0 aliphatic heterocycles. The molecule has 0 aromatic carbocycles. The lowest BCUT2D eigenvalue weighted by atomic mass is 10.1. The molecule has 1 aliphatic rings. The van der Waals surface area contributed by atoms with Crippen molar-refractivity contribution >= 4 is 23.3 Å². The van der Waals surface area contributed by atoms with Crippen LogP contribution >= 0.6 is 11.3 Å². The number of urea groups is 1. The summed E-state index contributed by atoms with van der Waals surface area (Å²) < 4.78 is 0. The third kappa shape index (κ3) is 3.09. The van der Waals surface area contributed by atoms with Crippen LogP contribution in [0.3, 0.4) is 0 Å². The lowest BCUT2D eigenvalue weighted by molar-refractivity contribution is -0.143. The summed E-state index contributed by atoms with van der Waals surface area (Å²) in [4.78, 5) is 28.2. The van der Waals surface area contributed by atoms with E-state index in [1.54, 1.807) is 11.3 Å². The predicted octanol–water partition coefficient (Wildman–Crippen LogP) is 1.98. The van der Waals surface area contributed by atoms with Crippen molar-refractivity contribution in [3.8, 4) is 0 Å². The van der Waals surface area contributed by atoms with Crippen LogP contribution in [-0.4, -0.2) is 28.6 Å². The maximum absolute atomic E-state index is 11.8. The van der Waals surface area contributed by atoms with Crippen molar-refractivity contribution in [2.45, 2.75) is 39.7 Å². The predicted molar refractivity (Wildman–Crippen MR) is 75.8 cm³/mol. The van der Waals surface area contributed by atoms with Gasteiger partial charge in [-0.25, -0.2) is 9.78 Å². The molecule has 2 rings (SSSR count). The fourth-order valence-corrected chi connectivity index (χ4v) is 3.06. The Labute approximate surface area is 121 Å². The Balaban J connectivity index is 1.85. The maximum Gasteiger partial charge on any atom is 0.315 e. The van der Waals surface area contributed by atoms with Crippen molar-refractivity contribution in [2.75, 3.05) is 6.54 Å². The molecule has 0 bridgehead atoms. The minimum absolute atomic E-state index is 0.138. The van der Waals surface area contributed by atoms with Crippen LogP contribution in [0.25, 0.3) is 0 Å². The monoisotopic (exact) mass is 297 g/mol. The van der Waals surface area contributed by atoms with E-state index in [4.69, 9.17) is 5.11 Å². The first-order valence-electron chi connectivity index (χ1n) is 6.56. The molecule has 6 nitrogen and oxygen atoms in total. The lowest BCUT2D eigenvalue weighted by Crippen LogP contribution is -2.41. The van der Waals surface area contributed by atoms with Crippen molar-refractivity contribution < 1.29 is 14.7 Å². The van der Waals surface area contributed by atoms with Crippen molar-refractivity contribution in [3.05, 3.63) is 15.6 Å². The van der Waals surface area contributed by atoms with E-state index in [9.17, 15) is 9.59 Å². The fourth-order valence-electron chi connectivity index (χ4n) is 2.13. The number of thiazole rings is 1. The zero-order valence-corrected chi connectivity index (χ0v) is 12.6. The minimum atomic E-state index is -0.834. The van der Waals surface area contributed by atoms with Gasteiger partial charge < -0.3 is 15.7 Å². The summed E-state index contributed by atoms with van der Waals surface area (Å²) in [6, 6.07) is -0.475. The molecule has 0 spiro atoms. The van der Waals surface area contributed by atoms with E-state index in [2.05, 4.69) is 15.6 Å². The standard InChI is InChI=1S/C13H19N3O3S/c1-7-10(20-9(3)15-7)8(2)16-12(19)14-6-13(4-5-13)11(17)18/h8H,4-6H2,1-3H3,(H,17,18)(H2,14,16,19). The molecule has 1 fully saturated rings. The van der Waals surface area contributed by atoms with Crippen molar-refractivity contribution in [1.29, 1.82) is 0 Å². The maximum atomic E-state index is 11.8. The molecule has 1 aliphatic carbocycles. The van der Waals surface area contributed by atoms with Crippen LogP contribution in [0.1, 0.15) is 41.4 Å². The fraction of sp³-hybridized carbons (Fsp3) is 0.615. The number of carboxylic acids is 1. The van der Waals surface area contributed by atoms with E-state index in [0.29, 0.717) is 12.8 Å². The molecular formula is C13H19N3O3S. The van der Waals surface area contributed by atoms with Gasteiger partial charge in [0, 0.05) is 11.4 Å².